The van der Waals surface area contributed by atoms with Crippen LogP contribution in [0.15, 0.2) is 0 Å². The van der Waals surface area contributed by atoms with E-state index >= 15 is 0 Å². The summed E-state index contributed by atoms with van der Waals surface area (Å²) in [5.41, 5.74) is -1.61. The number of esters is 1. The molecule has 0 spiro atoms. The Kier molecular flexibility index (Phi) is 2.61. The van der Waals surface area contributed by atoms with Gasteiger partial charge in [-0.3, -0.25) is 4.79 Å². The van der Waals surface area contributed by atoms with Gasteiger partial charge < -0.3 is 4.74 Å². The monoisotopic (exact) mass is 240 g/mol. The molecular weight excluding hydrogens is 228 g/mol. The van der Waals surface area contributed by atoms with E-state index in [4.69, 9.17) is 15.4 Å². The van der Waals surface area contributed by atoms with Crippen molar-refractivity contribution in [3.63, 3.8) is 0 Å². The van der Waals surface area contributed by atoms with Crippen LogP contribution in [-0.4, -0.2) is 25.7 Å². The third kappa shape index (κ3) is 2.60. The molecular formula is C8H13ClO4S. The van der Waals surface area contributed by atoms with Crippen molar-refractivity contribution in [2.75, 3.05) is 5.75 Å². The summed E-state index contributed by atoms with van der Waals surface area (Å²) in [6.45, 7) is 5.05. The van der Waals surface area contributed by atoms with Gasteiger partial charge in [0.25, 0.3) is 0 Å². The summed E-state index contributed by atoms with van der Waals surface area (Å²) < 4.78 is 26.9. The van der Waals surface area contributed by atoms with E-state index in [1.807, 2.05) is 0 Å². The molecule has 1 saturated heterocycles. The van der Waals surface area contributed by atoms with E-state index in [-0.39, 0.29) is 5.75 Å². The summed E-state index contributed by atoms with van der Waals surface area (Å²) in [5, 5.41) is 0. The molecule has 0 saturated carbocycles. The van der Waals surface area contributed by atoms with Crippen LogP contribution in [0.1, 0.15) is 27.2 Å². The Labute approximate surface area is 88.0 Å². The SMILES string of the molecule is CC1(C)CC(C)(CS(=O)(=O)Cl)C(=O)O1. The number of ether oxygens (including phenoxy) is 1. The highest BCUT2D eigenvalue weighted by Crippen LogP contribution is 2.41. The van der Waals surface area contributed by atoms with Gasteiger partial charge >= 0.3 is 5.97 Å². The van der Waals surface area contributed by atoms with Crippen LogP contribution in [0, 0.1) is 5.41 Å². The fraction of sp³-hybridized carbons (Fsp3) is 0.875. The van der Waals surface area contributed by atoms with Gasteiger partial charge in [0.2, 0.25) is 9.05 Å². The Balaban J connectivity index is 2.92. The second-order valence-electron chi connectivity index (χ2n) is 4.57. The summed E-state index contributed by atoms with van der Waals surface area (Å²) in [6.07, 6.45) is 0.366. The predicted octanol–water partition coefficient (Wildman–Crippen LogP) is 1.29. The Morgan fingerprint density at radius 2 is 1.93 bits per heavy atom. The van der Waals surface area contributed by atoms with Crippen LogP contribution in [-0.2, 0) is 18.6 Å². The van der Waals surface area contributed by atoms with E-state index in [0.29, 0.717) is 6.42 Å². The van der Waals surface area contributed by atoms with Gasteiger partial charge in [-0.25, -0.2) is 8.42 Å². The minimum absolute atomic E-state index is 0.366. The van der Waals surface area contributed by atoms with Crippen LogP contribution < -0.4 is 0 Å². The molecule has 4 nitrogen and oxygen atoms in total. The molecule has 1 fully saturated rings. The lowest BCUT2D eigenvalue weighted by molar-refractivity contribution is -0.151. The Bertz CT molecular complexity index is 360. The summed E-state index contributed by atoms with van der Waals surface area (Å²) in [5.74, 6) is -0.865. The lowest BCUT2D eigenvalue weighted by Gasteiger charge is -2.18. The molecule has 1 unspecified atom stereocenters. The maximum Gasteiger partial charge on any atom is 0.313 e. The fourth-order valence-corrected chi connectivity index (χ4v) is 3.62. The van der Waals surface area contributed by atoms with Crippen LogP contribution in [0.2, 0.25) is 0 Å². The van der Waals surface area contributed by atoms with Crippen LogP contribution in [0.25, 0.3) is 0 Å². The molecule has 1 heterocycles. The second kappa shape index (κ2) is 3.10. The molecule has 1 rings (SSSR count). The predicted molar refractivity (Wildman–Crippen MR) is 52.5 cm³/mol. The number of hydrogen-bond acceptors (Lipinski definition) is 4. The lowest BCUT2D eigenvalue weighted by Crippen LogP contribution is -2.30. The fourth-order valence-electron chi connectivity index (χ4n) is 1.91. The first-order chi connectivity index (χ1) is 6.04. The standard InChI is InChI=1S/C8H13ClO4S/c1-7(2)4-8(3,6(10)13-7)5-14(9,11)12/h4-5H2,1-3H3. The molecule has 0 aromatic rings. The highest BCUT2D eigenvalue weighted by molar-refractivity contribution is 8.13. The zero-order valence-corrected chi connectivity index (χ0v) is 9.91. The Morgan fingerprint density at radius 1 is 1.43 bits per heavy atom. The van der Waals surface area contributed by atoms with Crippen molar-refractivity contribution in [3.05, 3.63) is 0 Å². The molecule has 1 aliphatic rings. The largest absolute Gasteiger partial charge is 0.459 e. The van der Waals surface area contributed by atoms with E-state index in [9.17, 15) is 13.2 Å². The smallest absolute Gasteiger partial charge is 0.313 e. The molecule has 0 N–H and O–H groups in total. The molecule has 0 aromatic carbocycles. The third-order valence-corrected chi connectivity index (χ3v) is 3.48. The number of rotatable bonds is 2. The Morgan fingerprint density at radius 3 is 2.21 bits per heavy atom. The van der Waals surface area contributed by atoms with Crippen molar-refractivity contribution in [2.24, 2.45) is 5.41 Å². The molecule has 0 bridgehead atoms. The molecule has 6 heteroatoms. The number of halogens is 1. The van der Waals surface area contributed by atoms with Crippen LogP contribution >= 0.6 is 10.7 Å². The van der Waals surface area contributed by atoms with E-state index in [2.05, 4.69) is 0 Å². The topological polar surface area (TPSA) is 60.4 Å². The van der Waals surface area contributed by atoms with Gasteiger partial charge in [-0.2, -0.15) is 0 Å². The second-order valence-corrected chi connectivity index (χ2v) is 7.35. The average molecular weight is 241 g/mol. The molecule has 0 aliphatic carbocycles. The quantitative estimate of drug-likeness (QED) is 0.539. The highest BCUT2D eigenvalue weighted by atomic mass is 35.7. The van der Waals surface area contributed by atoms with Crippen molar-refractivity contribution in [1.82, 2.24) is 0 Å². The third-order valence-electron chi connectivity index (χ3n) is 2.17. The summed E-state index contributed by atoms with van der Waals surface area (Å²) in [7, 11) is 1.45. The minimum atomic E-state index is -3.68. The zero-order chi connectivity index (χ0) is 11.2. The van der Waals surface area contributed by atoms with Crippen molar-refractivity contribution in [3.8, 4) is 0 Å². The number of cyclic esters (lactones) is 1. The van der Waals surface area contributed by atoms with E-state index in [0.717, 1.165) is 0 Å². The molecule has 0 aromatic heterocycles. The molecule has 0 amide bonds. The minimum Gasteiger partial charge on any atom is -0.459 e. The van der Waals surface area contributed by atoms with Gasteiger partial charge in [0.05, 0.1) is 11.2 Å². The maximum atomic E-state index is 11.4. The van der Waals surface area contributed by atoms with Gasteiger partial charge in [0.1, 0.15) is 5.60 Å². The first-order valence-corrected chi connectivity index (χ1v) is 6.68. The summed E-state index contributed by atoms with van der Waals surface area (Å²) >= 11 is 0. The molecule has 0 radical (unpaired) electrons. The first kappa shape index (κ1) is 11.8. The molecule has 14 heavy (non-hydrogen) atoms. The van der Waals surface area contributed by atoms with Crippen molar-refractivity contribution in [1.29, 1.82) is 0 Å². The maximum absolute atomic E-state index is 11.4. The normalized spacial score (nSPS) is 31.6. The van der Waals surface area contributed by atoms with Crippen LogP contribution in [0.3, 0.4) is 0 Å². The van der Waals surface area contributed by atoms with Gasteiger partial charge in [-0.05, 0) is 20.8 Å². The zero-order valence-electron chi connectivity index (χ0n) is 8.33. The molecule has 1 atom stereocenters. The van der Waals surface area contributed by atoms with Crippen molar-refractivity contribution in [2.45, 2.75) is 32.8 Å². The molecule has 82 valence electrons. The summed E-state index contributed by atoms with van der Waals surface area (Å²) in [6, 6.07) is 0. The van der Waals surface area contributed by atoms with Crippen molar-refractivity contribution >= 4 is 25.7 Å². The average Bonchev–Trinajstić information content (AvgIpc) is 1.94. The number of carbonyl (C=O) groups excluding carboxylic acids is 1. The Hall–Kier alpha value is -0.290. The number of hydrogen-bond donors (Lipinski definition) is 0. The van der Waals surface area contributed by atoms with Crippen LogP contribution in [0.5, 0.6) is 0 Å². The van der Waals surface area contributed by atoms with Gasteiger partial charge in [-0.15, -0.1) is 0 Å². The van der Waals surface area contributed by atoms with Crippen LogP contribution in [0.4, 0.5) is 0 Å². The van der Waals surface area contributed by atoms with E-state index < -0.39 is 26.0 Å². The number of carbonyl (C=O) groups is 1. The molecule has 1 aliphatic heterocycles. The first-order valence-electron chi connectivity index (χ1n) is 4.20. The van der Waals surface area contributed by atoms with Gasteiger partial charge in [0, 0.05) is 17.1 Å². The lowest BCUT2D eigenvalue weighted by atomic mass is 9.85. The van der Waals surface area contributed by atoms with Gasteiger partial charge in [0.15, 0.2) is 0 Å². The van der Waals surface area contributed by atoms with Gasteiger partial charge in [-0.1, -0.05) is 0 Å². The summed E-state index contributed by atoms with van der Waals surface area (Å²) in [4.78, 5) is 11.4. The van der Waals surface area contributed by atoms with E-state index in [1.165, 1.54) is 0 Å². The van der Waals surface area contributed by atoms with E-state index in [1.54, 1.807) is 20.8 Å². The van der Waals surface area contributed by atoms with Crippen molar-refractivity contribution < 1.29 is 17.9 Å². The highest BCUT2D eigenvalue weighted by Gasteiger charge is 2.51.